The Morgan fingerprint density at radius 3 is 1.45 bits per heavy atom. The van der Waals surface area contributed by atoms with Crippen molar-refractivity contribution in [2.24, 2.45) is 40.2 Å². The Kier molecular flexibility index (Phi) is 50.0. The van der Waals surface area contributed by atoms with E-state index in [1.165, 1.54) is 56.4 Å². The first-order valence-electron chi connectivity index (χ1n) is 50.3. The van der Waals surface area contributed by atoms with Gasteiger partial charge in [-0.3, -0.25) is 4.79 Å². The second kappa shape index (κ2) is 59.0. The van der Waals surface area contributed by atoms with E-state index in [4.69, 9.17) is 41.0 Å². The van der Waals surface area contributed by atoms with E-state index in [1.807, 2.05) is 117 Å². The molecule has 0 radical (unpaired) electrons. The van der Waals surface area contributed by atoms with Crippen LogP contribution >= 0.6 is 11.6 Å². The highest BCUT2D eigenvalue weighted by molar-refractivity contribution is 6.30. The molecule has 0 bridgehead atoms. The van der Waals surface area contributed by atoms with Crippen LogP contribution in [0.3, 0.4) is 0 Å². The van der Waals surface area contributed by atoms with Gasteiger partial charge in [0, 0.05) is 191 Å². The molecule has 6 aromatic carbocycles. The smallest absolute Gasteiger partial charge is 0.319 e. The number of carbonyl (C=O) groups is 4. The van der Waals surface area contributed by atoms with Gasteiger partial charge in [-0.1, -0.05) is 170 Å². The summed E-state index contributed by atoms with van der Waals surface area (Å²) in [5, 5.41) is 67.7. The van der Waals surface area contributed by atoms with Crippen molar-refractivity contribution in [1.29, 1.82) is 0 Å². The molecule has 766 valence electrons. The summed E-state index contributed by atoms with van der Waals surface area (Å²) >= 11 is 6.28. The fourth-order valence-corrected chi connectivity index (χ4v) is 20.4. The van der Waals surface area contributed by atoms with Gasteiger partial charge in [0.05, 0.1) is 16.8 Å². The minimum Gasteiger partial charge on any atom is -0.457 e. The number of ether oxygens (including phenoxy) is 5. The monoisotopic (exact) mass is 1930 g/mol. The van der Waals surface area contributed by atoms with Crippen LogP contribution in [0.5, 0.6) is 11.5 Å². The molecule has 1 aliphatic carbocycles. The van der Waals surface area contributed by atoms with Crippen molar-refractivity contribution in [2.45, 2.75) is 256 Å². The average molecular weight is 1930 g/mol. The summed E-state index contributed by atoms with van der Waals surface area (Å²) in [4.78, 5) is 59.7. The highest BCUT2D eigenvalue weighted by atomic mass is 35.5. The second-order valence-corrected chi connectivity index (χ2v) is 41.2. The Hall–Kier alpha value is -8.00. The summed E-state index contributed by atoms with van der Waals surface area (Å²) < 4.78 is 70.1. The summed E-state index contributed by atoms with van der Waals surface area (Å²) in [5.74, 6) is -1.04. The third-order valence-electron chi connectivity index (χ3n) is 27.2. The zero-order valence-corrected chi connectivity index (χ0v) is 85.9. The van der Waals surface area contributed by atoms with Crippen LogP contribution in [0.25, 0.3) is 0 Å². The van der Waals surface area contributed by atoms with E-state index in [1.54, 1.807) is 75.6 Å². The van der Waals surface area contributed by atoms with Crippen LogP contribution in [0.1, 0.15) is 252 Å². The Morgan fingerprint density at radius 1 is 0.489 bits per heavy atom. The van der Waals surface area contributed by atoms with Gasteiger partial charge in [-0.2, -0.15) is 0 Å². The van der Waals surface area contributed by atoms with Crippen molar-refractivity contribution in [3.05, 3.63) is 201 Å². The topological polar surface area (TPSA) is 307 Å². The third kappa shape index (κ3) is 37.1. The van der Waals surface area contributed by atoms with E-state index < -0.39 is 45.8 Å². The fraction of sp³-hybridized carbons (Fsp3) is 0.633. The molecular formula is C109H169ClF3N11O13. The number of hydrogen-bond acceptors (Lipinski definition) is 17. The van der Waals surface area contributed by atoms with Gasteiger partial charge in [0.15, 0.2) is 11.6 Å². The fourth-order valence-electron chi connectivity index (χ4n) is 20.2. The quantitative estimate of drug-likeness (QED) is 0.0158. The summed E-state index contributed by atoms with van der Waals surface area (Å²) in [7, 11) is 14.1. The van der Waals surface area contributed by atoms with Gasteiger partial charge in [0.1, 0.15) is 22.9 Å². The molecule has 3 saturated heterocycles. The van der Waals surface area contributed by atoms with Crippen LogP contribution < -0.4 is 42.4 Å². The maximum absolute atomic E-state index is 14.8. The molecule has 6 aromatic rings. The molecule has 0 aromatic heterocycles. The van der Waals surface area contributed by atoms with E-state index in [2.05, 4.69) is 73.4 Å². The summed E-state index contributed by atoms with van der Waals surface area (Å²) in [6.45, 7) is 23.7. The largest absolute Gasteiger partial charge is 0.457 e. The molecular weight excluding hydrogens is 1760 g/mol. The number of carbonyl (C=O) groups excluding carboxylic acids is 4. The van der Waals surface area contributed by atoms with Crippen LogP contribution in [0.4, 0.5) is 27.6 Å². The lowest BCUT2D eigenvalue weighted by atomic mass is 9.73. The number of nitrogens with zero attached hydrogens (tertiary/aromatic N) is 4. The lowest BCUT2D eigenvalue weighted by molar-refractivity contribution is -0.0593. The normalized spacial score (nSPS) is 18.5. The maximum atomic E-state index is 14.8. The van der Waals surface area contributed by atoms with E-state index in [9.17, 15) is 52.8 Å². The van der Waals surface area contributed by atoms with Crippen molar-refractivity contribution < 1.29 is 76.5 Å². The highest BCUT2D eigenvalue weighted by Gasteiger charge is 2.47. The number of nitrogens with two attached hydrogens (primary N) is 1. The number of methoxy groups -OCH3 is 4. The number of rotatable bonds is 46. The first-order chi connectivity index (χ1) is 65.5. The number of aryl methyl sites for hydroxylation is 1. The Balaban J connectivity index is 0.000000249. The molecule has 4 fully saturated rings. The van der Waals surface area contributed by atoms with Gasteiger partial charge in [0.2, 0.25) is 0 Å². The van der Waals surface area contributed by atoms with Crippen molar-refractivity contribution in [3.63, 3.8) is 0 Å². The van der Waals surface area contributed by atoms with E-state index in [-0.39, 0.29) is 83.3 Å². The van der Waals surface area contributed by atoms with Crippen LogP contribution in [0, 0.1) is 58.9 Å². The molecule has 3 aliphatic heterocycles. The molecule has 7 amide bonds. The van der Waals surface area contributed by atoms with Crippen LogP contribution in [0.15, 0.2) is 140 Å². The molecule has 10 rings (SSSR count). The Morgan fingerprint density at radius 2 is 0.934 bits per heavy atom. The van der Waals surface area contributed by atoms with E-state index >= 15 is 0 Å². The third-order valence-corrected chi connectivity index (χ3v) is 27.5. The van der Waals surface area contributed by atoms with Gasteiger partial charge in [-0.25, -0.2) is 27.6 Å². The van der Waals surface area contributed by atoms with Crippen LogP contribution in [-0.4, -0.2) is 237 Å². The molecule has 10 atom stereocenters. The number of amides is 7. The van der Waals surface area contributed by atoms with Gasteiger partial charge in [-0.05, 0) is 257 Å². The number of piperidine rings is 3. The lowest BCUT2D eigenvalue weighted by Crippen LogP contribution is -2.54. The molecule has 137 heavy (non-hydrogen) atoms. The highest BCUT2D eigenvalue weighted by Crippen LogP contribution is 2.47. The lowest BCUT2D eigenvalue weighted by Gasteiger charge is -2.44. The summed E-state index contributed by atoms with van der Waals surface area (Å²) in [5.41, 5.74) is 4.86. The Labute approximate surface area is 822 Å². The van der Waals surface area contributed by atoms with Gasteiger partial charge < -0.3 is 101 Å². The van der Waals surface area contributed by atoms with Gasteiger partial charge >= 0.3 is 18.1 Å². The number of likely N-dealkylation sites (N-methyl/N-ethyl adjacent to an activating group) is 4. The maximum Gasteiger partial charge on any atom is 0.319 e. The molecule has 4 aliphatic rings. The number of likely N-dealkylation sites (tertiary alicyclic amines) is 3. The zero-order chi connectivity index (χ0) is 100. The van der Waals surface area contributed by atoms with E-state index in [0.29, 0.717) is 170 Å². The van der Waals surface area contributed by atoms with Crippen molar-refractivity contribution in [2.75, 3.05) is 155 Å². The van der Waals surface area contributed by atoms with Crippen LogP contribution in [-0.2, 0) is 41.4 Å². The van der Waals surface area contributed by atoms with Gasteiger partial charge in [0.25, 0.3) is 5.91 Å². The van der Waals surface area contributed by atoms with E-state index in [0.717, 1.165) is 112 Å². The number of unbranched alkanes of at least 4 members (excludes halogenated alkanes) is 4. The SMILES string of the molecule is CNC[C@H](CC(C)(C)C)NC(=O)N1CCC[C@@H]([C@@](O)(CCCCOC)c2cccc(Cl)c2)C1.CNC[C@H](CC(C)(C)C)NC(=O)N1CCC[C@@H]([C@@](O)(CCCCOC)c2cccc(F)c2F)C1.CNC[C@H](CC1CCCCC1)NC(=O)c1cccc([C@@](O)(CCCCOC)c2cccc(F)c2)c1.COCCCC[C@@](O)(c1ccccc1Oc1ccccc1C)[C@@H]1CCCN(C(=O)N(C)CCN)C1. The molecule has 0 unspecified atom stereocenters. The second-order valence-electron chi connectivity index (χ2n) is 40.8. The minimum absolute atomic E-state index is 0.0297. The number of benzene rings is 6. The Bertz CT molecular complexity index is 4530. The molecule has 24 nitrogen and oxygen atoms in total. The number of hydrogen-bond donors (Lipinski definition) is 11. The predicted octanol–water partition coefficient (Wildman–Crippen LogP) is 18.9. The van der Waals surface area contributed by atoms with Crippen LogP contribution in [0.2, 0.25) is 5.02 Å². The van der Waals surface area contributed by atoms with Crippen molar-refractivity contribution in [3.8, 4) is 11.5 Å². The zero-order valence-electron chi connectivity index (χ0n) is 85.2. The number of urea groups is 3. The minimum atomic E-state index is -1.57. The first kappa shape index (κ1) is 116. The number of nitrogens with one attached hydrogen (secondary N) is 6. The van der Waals surface area contributed by atoms with Crippen molar-refractivity contribution >= 4 is 35.6 Å². The number of halogens is 4. The average Bonchev–Trinajstić information content (AvgIpc) is 0.781. The van der Waals surface area contributed by atoms with Crippen molar-refractivity contribution in [1.82, 2.24) is 51.5 Å². The number of aliphatic hydroxyl groups is 4. The summed E-state index contributed by atoms with van der Waals surface area (Å²) in [6.07, 6.45) is 21.7. The molecule has 0 spiro atoms. The molecule has 1 saturated carbocycles. The molecule has 12 N–H and O–H groups in total. The molecule has 28 heteroatoms. The predicted molar refractivity (Wildman–Crippen MR) is 543 cm³/mol. The first-order valence-corrected chi connectivity index (χ1v) is 50.7. The summed E-state index contributed by atoms with van der Waals surface area (Å²) in [6, 6.07) is 40.1. The standard InChI is InChI=1S/C29H41FN2O3.C28H41N3O4.C26H44ClN3O3.C26H43F2N3O3/c1-31-21-27(18-22-10-4-3-5-11-22)32-28(33)23-12-8-13-24(19-23)29(34,16-6-7-17-35-2)25-14-9-15-26(30)20-25;1-22-11-4-6-14-25(22)35-26-15-7-5-13-24(26)28(33,16-8-9-20-34-3)23-12-10-18-31(21-23)27(32)30(2)19-17-29;1-25(2,3)17-23(18-28-4)29-24(31)30-14-9-11-21(19-30)26(32,13-6-7-15-33-5)20-10-8-12-22(27)16-20;1-25(2,3)16-20(17-29-4)30-24(32)31-14-9-10-19(18-31)26(33,13-6-7-15-34-5)21-11-8-12-22(27)23(21)28/h8-9,12-15,19-20,22,27,31,34H,3-7,10-11,16-18,21H2,1-2H3,(H,32,33);4-7,11,13-15,23,33H,8-10,12,16-21,29H2,1-3H3;8,10,12,16,21,23,28,32H,6-7,9,11,13-15,17-19H2,1-5H3,(H,29,31);8,11-12,19-20,29,33H,6-7,9-10,13-18H2,1-5H3,(H,30,32)/t27-,29-;23-,28+;21-,23+,26-;19-,20+,26+/m0111/s1. The molecule has 3 heterocycles. The van der Waals surface area contributed by atoms with Gasteiger partial charge in [-0.15, -0.1) is 0 Å². The number of para-hydroxylation sites is 2.